The first-order chi connectivity index (χ1) is 11.7. The second kappa shape index (κ2) is 5.82. The average molecular weight is 323 g/mol. The Morgan fingerprint density at radius 3 is 2.96 bits per heavy atom. The molecule has 1 aromatic carbocycles. The summed E-state index contributed by atoms with van der Waals surface area (Å²) in [6, 6.07) is 11.8. The Hall–Kier alpha value is -2.56. The van der Waals surface area contributed by atoms with Gasteiger partial charge in [0.25, 0.3) is 0 Å². The number of furan rings is 1. The average Bonchev–Trinajstić information content (AvgIpc) is 3.05. The molecule has 0 aliphatic heterocycles. The van der Waals surface area contributed by atoms with Crippen LogP contribution in [0.2, 0.25) is 0 Å². The molecule has 1 aliphatic carbocycles. The number of nitrogens with one attached hydrogen (secondary N) is 1. The molecule has 0 saturated heterocycles. The number of aryl methyl sites for hydroxylation is 1. The number of nitrogens with zero attached hydrogens (tertiary/aromatic N) is 2. The number of aromatic nitrogens is 2. The van der Waals surface area contributed by atoms with Crippen molar-refractivity contribution in [3.8, 4) is 0 Å². The van der Waals surface area contributed by atoms with Crippen LogP contribution in [0.15, 0.2) is 47.1 Å². The second-order valence-electron chi connectivity index (χ2n) is 6.40. The second-order valence-corrected chi connectivity index (χ2v) is 6.40. The van der Waals surface area contributed by atoms with Crippen LogP contribution in [0.3, 0.4) is 0 Å². The van der Waals surface area contributed by atoms with E-state index in [9.17, 15) is 4.79 Å². The van der Waals surface area contributed by atoms with Crippen LogP contribution in [0.1, 0.15) is 43.8 Å². The fourth-order valence-corrected chi connectivity index (χ4v) is 3.44. The molecule has 0 radical (unpaired) electrons. The topological polar surface area (TPSA) is 60.1 Å². The van der Waals surface area contributed by atoms with E-state index in [0.29, 0.717) is 0 Å². The molecule has 2 aromatic heterocycles. The van der Waals surface area contributed by atoms with Gasteiger partial charge in [0, 0.05) is 18.4 Å². The first kappa shape index (κ1) is 15.0. The van der Waals surface area contributed by atoms with Gasteiger partial charge in [-0.05, 0) is 44.5 Å². The summed E-state index contributed by atoms with van der Waals surface area (Å²) in [6.45, 7) is 4.92. The lowest BCUT2D eigenvalue weighted by molar-refractivity contribution is -0.123. The minimum atomic E-state index is -0.122. The van der Waals surface area contributed by atoms with Gasteiger partial charge in [-0.1, -0.05) is 12.1 Å². The highest BCUT2D eigenvalue weighted by atomic mass is 16.3. The predicted molar refractivity (Wildman–Crippen MR) is 91.5 cm³/mol. The predicted octanol–water partition coefficient (Wildman–Crippen LogP) is 3.63. The maximum Gasteiger partial charge on any atom is 0.224 e. The lowest BCUT2D eigenvalue weighted by Crippen LogP contribution is -2.30. The Morgan fingerprint density at radius 2 is 2.21 bits per heavy atom. The van der Waals surface area contributed by atoms with Crippen LogP contribution in [0, 0.1) is 5.92 Å². The molecule has 3 unspecified atom stereocenters. The number of benzene rings is 1. The summed E-state index contributed by atoms with van der Waals surface area (Å²) in [5.74, 6) is 2.12. The zero-order valence-electron chi connectivity index (χ0n) is 13.9. The van der Waals surface area contributed by atoms with Crippen molar-refractivity contribution in [1.29, 1.82) is 0 Å². The van der Waals surface area contributed by atoms with E-state index in [1.54, 1.807) is 6.26 Å². The number of imidazole rings is 1. The van der Waals surface area contributed by atoms with Crippen LogP contribution in [-0.4, -0.2) is 15.5 Å². The summed E-state index contributed by atoms with van der Waals surface area (Å²) in [6.07, 6.45) is 2.52. The molecule has 124 valence electrons. The van der Waals surface area contributed by atoms with Gasteiger partial charge in [0.2, 0.25) is 5.91 Å². The lowest BCUT2D eigenvalue weighted by atomic mass is 10.2. The SMILES string of the molecule is CCn1c(C(C)NC(=O)C2CC2c2ccco2)nc2ccccc21. The highest BCUT2D eigenvalue weighted by Crippen LogP contribution is 2.47. The summed E-state index contributed by atoms with van der Waals surface area (Å²) in [4.78, 5) is 17.2. The van der Waals surface area contributed by atoms with Gasteiger partial charge < -0.3 is 14.3 Å². The monoisotopic (exact) mass is 323 g/mol. The number of carbonyl (C=O) groups is 1. The number of fused-ring (bicyclic) bond motifs is 1. The number of hydrogen-bond donors (Lipinski definition) is 1. The number of carbonyl (C=O) groups excluding carboxylic acids is 1. The summed E-state index contributed by atoms with van der Waals surface area (Å²) in [5, 5.41) is 3.12. The molecule has 0 spiro atoms. The standard InChI is InChI=1S/C19H21N3O2/c1-3-22-16-8-5-4-7-15(16)21-18(22)12(2)20-19(23)14-11-13(14)17-9-6-10-24-17/h4-10,12-14H,3,11H2,1-2H3,(H,20,23). The van der Waals surface area contributed by atoms with Gasteiger partial charge in [-0.15, -0.1) is 0 Å². The Balaban J connectivity index is 1.50. The quantitative estimate of drug-likeness (QED) is 0.780. The molecule has 1 fully saturated rings. The third-order valence-electron chi connectivity index (χ3n) is 4.78. The van der Waals surface area contributed by atoms with E-state index in [1.165, 1.54) is 0 Å². The van der Waals surface area contributed by atoms with Crippen molar-refractivity contribution in [3.05, 3.63) is 54.2 Å². The van der Waals surface area contributed by atoms with Gasteiger partial charge in [0.1, 0.15) is 11.6 Å². The van der Waals surface area contributed by atoms with Crippen molar-refractivity contribution in [2.75, 3.05) is 0 Å². The third-order valence-corrected chi connectivity index (χ3v) is 4.78. The molecular weight excluding hydrogens is 302 g/mol. The van der Waals surface area contributed by atoms with Crippen LogP contribution in [0.25, 0.3) is 11.0 Å². The number of hydrogen-bond acceptors (Lipinski definition) is 3. The zero-order valence-corrected chi connectivity index (χ0v) is 13.9. The molecule has 3 aromatic rings. The maximum absolute atomic E-state index is 12.5. The van der Waals surface area contributed by atoms with Crippen molar-refractivity contribution in [2.24, 2.45) is 5.92 Å². The molecule has 4 rings (SSSR count). The van der Waals surface area contributed by atoms with Crippen molar-refractivity contribution < 1.29 is 9.21 Å². The van der Waals surface area contributed by atoms with Crippen LogP contribution < -0.4 is 5.32 Å². The Kier molecular flexibility index (Phi) is 3.63. The number of rotatable bonds is 5. The molecule has 1 saturated carbocycles. The Morgan fingerprint density at radius 1 is 1.38 bits per heavy atom. The van der Waals surface area contributed by atoms with Crippen LogP contribution in [0.5, 0.6) is 0 Å². The maximum atomic E-state index is 12.5. The van der Waals surface area contributed by atoms with Crippen LogP contribution in [-0.2, 0) is 11.3 Å². The zero-order chi connectivity index (χ0) is 16.7. The molecule has 1 aliphatic rings. The minimum absolute atomic E-state index is 0.0121. The van der Waals surface area contributed by atoms with Gasteiger partial charge in [0.15, 0.2) is 0 Å². The van der Waals surface area contributed by atoms with E-state index in [4.69, 9.17) is 9.40 Å². The van der Waals surface area contributed by atoms with Crippen LogP contribution >= 0.6 is 0 Å². The largest absolute Gasteiger partial charge is 0.469 e. The smallest absolute Gasteiger partial charge is 0.224 e. The molecule has 0 bridgehead atoms. The summed E-state index contributed by atoms with van der Waals surface area (Å²) in [5.41, 5.74) is 2.08. The van der Waals surface area contributed by atoms with Crippen molar-refractivity contribution in [1.82, 2.24) is 14.9 Å². The van der Waals surface area contributed by atoms with Gasteiger partial charge in [-0.25, -0.2) is 4.98 Å². The summed E-state index contributed by atoms with van der Waals surface area (Å²) < 4.78 is 7.57. The highest BCUT2D eigenvalue weighted by Gasteiger charge is 2.46. The molecule has 24 heavy (non-hydrogen) atoms. The van der Waals surface area contributed by atoms with E-state index in [0.717, 1.165) is 35.6 Å². The summed E-state index contributed by atoms with van der Waals surface area (Å²) >= 11 is 0. The van der Waals surface area contributed by atoms with Gasteiger partial charge in [-0.2, -0.15) is 0 Å². The third kappa shape index (κ3) is 2.50. The van der Waals surface area contributed by atoms with Crippen molar-refractivity contribution >= 4 is 16.9 Å². The first-order valence-corrected chi connectivity index (χ1v) is 8.48. The minimum Gasteiger partial charge on any atom is -0.469 e. The Labute approximate surface area is 140 Å². The molecular formula is C19H21N3O2. The Bertz CT molecular complexity index is 866. The molecule has 3 atom stereocenters. The van der Waals surface area contributed by atoms with Gasteiger partial charge in [0.05, 0.1) is 23.3 Å². The van der Waals surface area contributed by atoms with E-state index < -0.39 is 0 Å². The van der Waals surface area contributed by atoms with E-state index in [2.05, 4.69) is 22.9 Å². The number of para-hydroxylation sites is 2. The molecule has 2 heterocycles. The number of amides is 1. The molecule has 1 amide bonds. The van der Waals surface area contributed by atoms with E-state index in [-0.39, 0.29) is 23.8 Å². The van der Waals surface area contributed by atoms with Crippen molar-refractivity contribution in [2.45, 2.75) is 38.8 Å². The van der Waals surface area contributed by atoms with E-state index >= 15 is 0 Å². The highest BCUT2D eigenvalue weighted by molar-refractivity contribution is 5.83. The fraction of sp³-hybridized carbons (Fsp3) is 0.368. The van der Waals surface area contributed by atoms with Gasteiger partial charge in [-0.3, -0.25) is 4.79 Å². The first-order valence-electron chi connectivity index (χ1n) is 8.48. The van der Waals surface area contributed by atoms with Crippen LogP contribution in [0.4, 0.5) is 0 Å². The van der Waals surface area contributed by atoms with E-state index in [1.807, 2.05) is 37.3 Å². The lowest BCUT2D eigenvalue weighted by Gasteiger charge is -2.15. The normalized spacial score (nSPS) is 20.9. The molecule has 5 nitrogen and oxygen atoms in total. The molecule has 5 heteroatoms. The van der Waals surface area contributed by atoms with Gasteiger partial charge >= 0.3 is 0 Å². The fourth-order valence-electron chi connectivity index (χ4n) is 3.44. The molecule has 1 N–H and O–H groups in total. The summed E-state index contributed by atoms with van der Waals surface area (Å²) in [7, 11) is 0. The van der Waals surface area contributed by atoms with Crippen molar-refractivity contribution in [3.63, 3.8) is 0 Å².